The Morgan fingerprint density at radius 3 is 2.62 bits per heavy atom. The summed E-state index contributed by atoms with van der Waals surface area (Å²) in [4.78, 5) is 25.2. The molecule has 1 aromatic rings. The van der Waals surface area contributed by atoms with Gasteiger partial charge in [-0.2, -0.15) is 0 Å². The average Bonchev–Trinajstić information content (AvgIpc) is 2.44. The maximum Gasteiger partial charge on any atom is 0.306 e. The molecule has 0 aliphatic carbocycles. The van der Waals surface area contributed by atoms with E-state index < -0.39 is 5.97 Å². The Hall–Kier alpha value is -1.88. The molecule has 5 nitrogen and oxygen atoms in total. The molecule has 0 spiro atoms. The molecule has 0 bridgehead atoms. The Kier molecular flexibility index (Phi) is 3.68. The fourth-order valence-corrected chi connectivity index (χ4v) is 3.06. The molecular weight excluding hydrogens is 268 g/mol. The molecule has 3 rings (SSSR count). The Labute approximate surface area is 123 Å². The molecule has 0 radical (unpaired) electrons. The lowest BCUT2D eigenvalue weighted by molar-refractivity contribution is -0.151. The summed E-state index contributed by atoms with van der Waals surface area (Å²) < 4.78 is 0. The van der Waals surface area contributed by atoms with Crippen molar-refractivity contribution >= 4 is 11.9 Å². The van der Waals surface area contributed by atoms with E-state index in [9.17, 15) is 9.59 Å². The van der Waals surface area contributed by atoms with Crippen LogP contribution < -0.4 is 5.32 Å². The highest BCUT2D eigenvalue weighted by atomic mass is 16.4. The van der Waals surface area contributed by atoms with Gasteiger partial charge >= 0.3 is 5.97 Å². The van der Waals surface area contributed by atoms with E-state index in [0.29, 0.717) is 19.5 Å². The minimum atomic E-state index is -0.781. The highest BCUT2D eigenvalue weighted by molar-refractivity contribution is 5.83. The molecular formula is C16H20N2O3. The number of benzene rings is 1. The van der Waals surface area contributed by atoms with Gasteiger partial charge in [-0.15, -0.1) is 0 Å². The third-order valence-corrected chi connectivity index (χ3v) is 4.70. The minimum Gasteiger partial charge on any atom is -0.481 e. The Morgan fingerprint density at radius 1 is 1.29 bits per heavy atom. The zero-order chi connectivity index (χ0) is 15.0. The average molecular weight is 288 g/mol. The van der Waals surface area contributed by atoms with Crippen LogP contribution in [0.5, 0.6) is 0 Å². The summed E-state index contributed by atoms with van der Waals surface area (Å²) in [6, 6.07) is 7.98. The summed E-state index contributed by atoms with van der Waals surface area (Å²) in [7, 11) is 0. The minimum absolute atomic E-state index is 0.0855. The third-order valence-electron chi connectivity index (χ3n) is 4.70. The summed E-state index contributed by atoms with van der Waals surface area (Å²) in [6.07, 6.45) is 0.713. The molecule has 0 saturated carbocycles. The second-order valence-corrected chi connectivity index (χ2v) is 6.04. The topological polar surface area (TPSA) is 69.6 Å². The van der Waals surface area contributed by atoms with Gasteiger partial charge in [0.05, 0.1) is 12.0 Å². The summed E-state index contributed by atoms with van der Waals surface area (Å²) in [5.41, 5.74) is 2.48. The van der Waals surface area contributed by atoms with E-state index in [2.05, 4.69) is 17.4 Å². The van der Waals surface area contributed by atoms with Gasteiger partial charge in [0.25, 0.3) is 0 Å². The predicted molar refractivity (Wildman–Crippen MR) is 77.6 cm³/mol. The Morgan fingerprint density at radius 2 is 1.95 bits per heavy atom. The van der Waals surface area contributed by atoms with Crippen molar-refractivity contribution in [3.8, 4) is 0 Å². The zero-order valence-corrected chi connectivity index (χ0v) is 12.1. The smallest absolute Gasteiger partial charge is 0.306 e. The Bertz CT molecular complexity index is 566. The molecule has 1 aromatic carbocycles. The van der Waals surface area contributed by atoms with Gasteiger partial charge in [-0.3, -0.25) is 9.59 Å². The molecule has 2 aliphatic rings. The van der Waals surface area contributed by atoms with Gasteiger partial charge in [0, 0.05) is 25.6 Å². The van der Waals surface area contributed by atoms with Crippen molar-refractivity contribution in [2.75, 3.05) is 13.1 Å². The second kappa shape index (κ2) is 5.48. The van der Waals surface area contributed by atoms with E-state index in [-0.39, 0.29) is 23.8 Å². The SMILES string of the molecule is CC(C(=O)O)C1CN(C(=O)[C@H]2Cc3ccccc3CN2)C1. The molecule has 1 saturated heterocycles. The molecule has 5 heteroatoms. The molecule has 112 valence electrons. The van der Waals surface area contributed by atoms with E-state index in [4.69, 9.17) is 5.11 Å². The van der Waals surface area contributed by atoms with Gasteiger partial charge in [-0.1, -0.05) is 31.2 Å². The number of rotatable bonds is 3. The van der Waals surface area contributed by atoms with Crippen molar-refractivity contribution < 1.29 is 14.7 Å². The van der Waals surface area contributed by atoms with Crippen LogP contribution in [0.25, 0.3) is 0 Å². The lowest BCUT2D eigenvalue weighted by Gasteiger charge is -2.43. The number of nitrogens with one attached hydrogen (secondary N) is 1. The molecule has 2 heterocycles. The number of carboxylic acids is 1. The molecule has 1 unspecified atom stereocenters. The first-order valence-electron chi connectivity index (χ1n) is 7.38. The number of aliphatic carboxylic acids is 1. The van der Waals surface area contributed by atoms with Crippen molar-refractivity contribution in [3.63, 3.8) is 0 Å². The lowest BCUT2D eigenvalue weighted by atomic mass is 9.86. The number of carboxylic acid groups (broad SMARTS) is 1. The maximum absolute atomic E-state index is 12.4. The number of hydrogen-bond donors (Lipinski definition) is 2. The molecule has 2 N–H and O–H groups in total. The quantitative estimate of drug-likeness (QED) is 0.866. The van der Waals surface area contributed by atoms with Crippen LogP contribution in [-0.2, 0) is 22.6 Å². The molecule has 2 atom stereocenters. The van der Waals surface area contributed by atoms with E-state index in [0.717, 1.165) is 6.54 Å². The van der Waals surface area contributed by atoms with Crippen LogP contribution in [0.4, 0.5) is 0 Å². The second-order valence-electron chi connectivity index (χ2n) is 6.04. The maximum atomic E-state index is 12.4. The van der Waals surface area contributed by atoms with Gasteiger partial charge in [0.2, 0.25) is 5.91 Å². The molecule has 1 amide bonds. The van der Waals surface area contributed by atoms with Crippen LogP contribution in [0.15, 0.2) is 24.3 Å². The standard InChI is InChI=1S/C16H20N2O3/c1-10(16(20)21)13-8-18(9-13)15(19)14-6-11-4-2-3-5-12(11)7-17-14/h2-5,10,13-14,17H,6-9H2,1H3,(H,20,21)/t10?,14-/m1/s1. The summed E-state index contributed by atoms with van der Waals surface area (Å²) in [6.45, 7) is 3.55. The number of hydrogen-bond acceptors (Lipinski definition) is 3. The summed E-state index contributed by atoms with van der Waals surface area (Å²) >= 11 is 0. The van der Waals surface area contributed by atoms with E-state index in [1.165, 1.54) is 11.1 Å². The van der Waals surface area contributed by atoms with Gasteiger partial charge in [0.15, 0.2) is 0 Å². The van der Waals surface area contributed by atoms with Crippen LogP contribution in [0, 0.1) is 11.8 Å². The fourth-order valence-electron chi connectivity index (χ4n) is 3.06. The first-order valence-corrected chi connectivity index (χ1v) is 7.38. The van der Waals surface area contributed by atoms with Crippen LogP contribution >= 0.6 is 0 Å². The van der Waals surface area contributed by atoms with E-state index in [1.54, 1.807) is 11.8 Å². The van der Waals surface area contributed by atoms with Gasteiger partial charge < -0.3 is 15.3 Å². The highest BCUT2D eigenvalue weighted by Crippen LogP contribution is 2.26. The van der Waals surface area contributed by atoms with Crippen LogP contribution in [0.3, 0.4) is 0 Å². The van der Waals surface area contributed by atoms with Crippen molar-refractivity contribution in [1.29, 1.82) is 0 Å². The lowest BCUT2D eigenvalue weighted by Crippen LogP contribution is -2.59. The normalized spacial score (nSPS) is 23.1. The first kappa shape index (κ1) is 14.1. The predicted octanol–water partition coefficient (Wildman–Crippen LogP) is 0.880. The largest absolute Gasteiger partial charge is 0.481 e. The number of amides is 1. The third kappa shape index (κ3) is 2.65. The first-order chi connectivity index (χ1) is 10.1. The summed E-state index contributed by atoms with van der Waals surface area (Å²) in [5.74, 6) is -0.980. The van der Waals surface area contributed by atoms with Gasteiger partial charge in [-0.25, -0.2) is 0 Å². The number of carbonyl (C=O) groups is 2. The number of carbonyl (C=O) groups excluding carboxylic acids is 1. The zero-order valence-electron chi connectivity index (χ0n) is 12.1. The molecule has 1 fully saturated rings. The van der Waals surface area contributed by atoms with Crippen molar-refractivity contribution in [2.24, 2.45) is 11.8 Å². The number of nitrogens with zero attached hydrogens (tertiary/aromatic N) is 1. The molecule has 21 heavy (non-hydrogen) atoms. The van der Waals surface area contributed by atoms with Crippen LogP contribution in [0.2, 0.25) is 0 Å². The van der Waals surface area contributed by atoms with Gasteiger partial charge in [0.1, 0.15) is 0 Å². The van der Waals surface area contributed by atoms with Crippen molar-refractivity contribution in [3.05, 3.63) is 35.4 Å². The monoisotopic (exact) mass is 288 g/mol. The highest BCUT2D eigenvalue weighted by Gasteiger charge is 2.39. The van der Waals surface area contributed by atoms with Crippen LogP contribution in [-0.4, -0.2) is 41.0 Å². The fraction of sp³-hybridized carbons (Fsp3) is 0.500. The summed E-state index contributed by atoms with van der Waals surface area (Å²) in [5, 5.41) is 12.3. The number of likely N-dealkylation sites (tertiary alicyclic amines) is 1. The van der Waals surface area contributed by atoms with E-state index >= 15 is 0 Å². The van der Waals surface area contributed by atoms with E-state index in [1.807, 2.05) is 12.1 Å². The van der Waals surface area contributed by atoms with Crippen LogP contribution in [0.1, 0.15) is 18.1 Å². The number of fused-ring (bicyclic) bond motifs is 1. The molecule has 0 aromatic heterocycles. The van der Waals surface area contributed by atoms with Crippen molar-refractivity contribution in [2.45, 2.75) is 25.9 Å². The molecule has 2 aliphatic heterocycles. The van der Waals surface area contributed by atoms with Crippen molar-refractivity contribution in [1.82, 2.24) is 10.2 Å². The van der Waals surface area contributed by atoms with Gasteiger partial charge in [-0.05, 0) is 17.5 Å². The Balaban J connectivity index is 1.58.